The summed E-state index contributed by atoms with van der Waals surface area (Å²) in [5.41, 5.74) is 7.49. The van der Waals surface area contributed by atoms with E-state index < -0.39 is 41.9 Å². The molecule has 2 fully saturated rings. The fourth-order valence-electron chi connectivity index (χ4n) is 4.20. The van der Waals surface area contributed by atoms with Crippen LogP contribution in [0.15, 0.2) is 35.4 Å². The first-order valence-corrected chi connectivity index (χ1v) is 11.7. The summed E-state index contributed by atoms with van der Waals surface area (Å²) >= 11 is 0. The summed E-state index contributed by atoms with van der Waals surface area (Å²) in [5.74, 6) is -1.65. The summed E-state index contributed by atoms with van der Waals surface area (Å²) in [6.45, 7) is 2.24. The number of urea groups is 1. The molecule has 3 atom stereocenters. The maximum absolute atomic E-state index is 13.5. The van der Waals surface area contributed by atoms with E-state index in [9.17, 15) is 24.0 Å². The van der Waals surface area contributed by atoms with Crippen molar-refractivity contribution in [3.8, 4) is 0 Å². The standard InChI is InChI=1S/C23H31N7O5/c1-2-7-16(14-25-28-23(24)35)26-21(33)18-10-6-13-29-19(31)12-11-17(22(34)30(18)29)27-20(32)15-8-4-3-5-9-15/h3-5,8-9,14,16-18H,2,6-7,10-13H2,1H3,(H,26,33)(H,27,32)(H3,24,28,35)/b25-14-/t16-,17-,18-/m0/s1. The number of amides is 6. The Morgan fingerprint density at radius 1 is 1.20 bits per heavy atom. The molecule has 35 heavy (non-hydrogen) atoms. The second-order valence-corrected chi connectivity index (χ2v) is 8.45. The van der Waals surface area contributed by atoms with E-state index in [-0.39, 0.29) is 18.7 Å². The van der Waals surface area contributed by atoms with E-state index in [0.29, 0.717) is 31.4 Å². The van der Waals surface area contributed by atoms with Crippen LogP contribution >= 0.6 is 0 Å². The highest BCUT2D eigenvalue weighted by molar-refractivity contribution is 5.99. The number of hydrogen-bond acceptors (Lipinski definition) is 6. The van der Waals surface area contributed by atoms with E-state index in [1.807, 2.05) is 6.92 Å². The van der Waals surface area contributed by atoms with Gasteiger partial charge in [-0.05, 0) is 37.8 Å². The van der Waals surface area contributed by atoms with Gasteiger partial charge in [-0.3, -0.25) is 24.2 Å². The monoisotopic (exact) mass is 485 g/mol. The first-order chi connectivity index (χ1) is 16.8. The average molecular weight is 486 g/mol. The number of hydrazone groups is 1. The van der Waals surface area contributed by atoms with Crippen molar-refractivity contribution in [2.45, 2.75) is 63.6 Å². The highest BCUT2D eigenvalue weighted by Crippen LogP contribution is 2.25. The van der Waals surface area contributed by atoms with Crippen LogP contribution in [0, 0.1) is 0 Å². The van der Waals surface area contributed by atoms with Gasteiger partial charge in [0.2, 0.25) is 11.8 Å². The van der Waals surface area contributed by atoms with Crippen molar-refractivity contribution in [2.24, 2.45) is 10.8 Å². The Morgan fingerprint density at radius 2 is 1.94 bits per heavy atom. The Morgan fingerprint density at radius 3 is 2.63 bits per heavy atom. The van der Waals surface area contributed by atoms with Gasteiger partial charge in [-0.2, -0.15) is 5.10 Å². The maximum Gasteiger partial charge on any atom is 0.332 e. The van der Waals surface area contributed by atoms with Crippen LogP contribution in [0.25, 0.3) is 0 Å². The molecule has 1 aromatic rings. The molecule has 12 heteroatoms. The lowest BCUT2D eigenvalue weighted by Crippen LogP contribution is -2.64. The van der Waals surface area contributed by atoms with Gasteiger partial charge in [0, 0.05) is 24.7 Å². The van der Waals surface area contributed by atoms with Gasteiger partial charge in [0.15, 0.2) is 0 Å². The third-order valence-corrected chi connectivity index (χ3v) is 5.86. The molecule has 0 saturated carbocycles. The third kappa shape index (κ3) is 6.55. The van der Waals surface area contributed by atoms with Gasteiger partial charge >= 0.3 is 6.03 Å². The molecule has 12 nitrogen and oxygen atoms in total. The Balaban J connectivity index is 1.78. The number of hydrogen-bond donors (Lipinski definition) is 4. The molecule has 2 saturated heterocycles. The average Bonchev–Trinajstić information content (AvgIpc) is 2.96. The molecule has 6 amide bonds. The minimum atomic E-state index is -0.946. The summed E-state index contributed by atoms with van der Waals surface area (Å²) in [6, 6.07) is 5.26. The maximum atomic E-state index is 13.5. The molecule has 2 aliphatic heterocycles. The SMILES string of the molecule is CCC[C@@H](/C=N\NC(N)=O)NC(=O)[C@@H]1CCCN2C(=O)CC[C@H](NC(=O)c3ccccc3)C(=O)N12. The van der Waals surface area contributed by atoms with Crippen LogP contribution < -0.4 is 21.8 Å². The topological polar surface area (TPSA) is 166 Å². The van der Waals surface area contributed by atoms with Crippen LogP contribution in [0.3, 0.4) is 0 Å². The molecule has 0 spiro atoms. The molecule has 0 aromatic heterocycles. The fourth-order valence-corrected chi connectivity index (χ4v) is 4.20. The van der Waals surface area contributed by atoms with Crippen LogP contribution in [0.1, 0.15) is 55.8 Å². The number of hydrazine groups is 1. The number of primary amides is 1. The number of fused-ring (bicyclic) bond motifs is 1. The molecule has 0 unspecified atom stereocenters. The zero-order valence-corrected chi connectivity index (χ0v) is 19.6. The van der Waals surface area contributed by atoms with Crippen molar-refractivity contribution < 1.29 is 24.0 Å². The van der Waals surface area contributed by atoms with Gasteiger partial charge in [0.25, 0.3) is 11.8 Å². The lowest BCUT2D eigenvalue weighted by atomic mass is 10.0. The van der Waals surface area contributed by atoms with Gasteiger partial charge in [0.1, 0.15) is 12.1 Å². The smallest absolute Gasteiger partial charge is 0.332 e. The molecule has 5 N–H and O–H groups in total. The van der Waals surface area contributed by atoms with E-state index in [1.54, 1.807) is 30.3 Å². The van der Waals surface area contributed by atoms with E-state index in [0.717, 1.165) is 6.42 Å². The van der Waals surface area contributed by atoms with Crippen LogP contribution in [-0.2, 0) is 14.4 Å². The largest absolute Gasteiger partial charge is 0.350 e. The van der Waals surface area contributed by atoms with Crippen molar-refractivity contribution in [2.75, 3.05) is 6.54 Å². The van der Waals surface area contributed by atoms with Crippen LogP contribution in [0.5, 0.6) is 0 Å². The first kappa shape index (κ1) is 25.7. The Bertz CT molecular complexity index is 984. The lowest BCUT2D eigenvalue weighted by molar-refractivity contribution is -0.176. The number of carbonyl (C=O) groups excluding carboxylic acids is 5. The normalized spacial score (nSPS) is 21.2. The minimum Gasteiger partial charge on any atom is -0.350 e. The van der Waals surface area contributed by atoms with Crippen molar-refractivity contribution in [1.29, 1.82) is 0 Å². The number of nitrogens with two attached hydrogens (primary N) is 1. The Hall–Kier alpha value is -3.96. The summed E-state index contributed by atoms with van der Waals surface area (Å²) < 4.78 is 0. The molecule has 2 heterocycles. The van der Waals surface area contributed by atoms with Gasteiger partial charge < -0.3 is 16.4 Å². The van der Waals surface area contributed by atoms with Gasteiger partial charge in [-0.1, -0.05) is 31.5 Å². The predicted octanol–water partition coefficient (Wildman–Crippen LogP) is 0.252. The quantitative estimate of drug-likeness (QED) is 0.305. The Labute approximate surface area is 203 Å². The number of carbonyl (C=O) groups is 5. The van der Waals surface area contributed by atoms with Crippen molar-refractivity contribution in [1.82, 2.24) is 26.1 Å². The second-order valence-electron chi connectivity index (χ2n) is 8.45. The molecule has 188 valence electrons. The second kappa shape index (κ2) is 12.0. The highest BCUT2D eigenvalue weighted by atomic mass is 16.2. The number of rotatable bonds is 8. The molecule has 1 aromatic carbocycles. The van der Waals surface area contributed by atoms with Crippen molar-refractivity contribution in [3.05, 3.63) is 35.9 Å². The first-order valence-electron chi connectivity index (χ1n) is 11.7. The summed E-state index contributed by atoms with van der Waals surface area (Å²) in [4.78, 5) is 63.1. The van der Waals surface area contributed by atoms with E-state index >= 15 is 0 Å². The van der Waals surface area contributed by atoms with Gasteiger partial charge in [-0.25, -0.2) is 15.2 Å². The van der Waals surface area contributed by atoms with Crippen molar-refractivity contribution >= 4 is 35.9 Å². The molecule has 2 aliphatic rings. The third-order valence-electron chi connectivity index (χ3n) is 5.86. The van der Waals surface area contributed by atoms with Crippen LogP contribution in [0.4, 0.5) is 4.79 Å². The molecular weight excluding hydrogens is 454 g/mol. The summed E-state index contributed by atoms with van der Waals surface area (Å²) in [7, 11) is 0. The summed E-state index contributed by atoms with van der Waals surface area (Å²) in [6.07, 6.45) is 3.74. The zero-order chi connectivity index (χ0) is 25.4. The van der Waals surface area contributed by atoms with Crippen LogP contribution in [-0.4, -0.2) is 70.6 Å². The Kier molecular flexibility index (Phi) is 8.76. The van der Waals surface area contributed by atoms with Crippen molar-refractivity contribution in [3.63, 3.8) is 0 Å². The highest BCUT2D eigenvalue weighted by Gasteiger charge is 2.44. The number of nitrogens with one attached hydrogen (secondary N) is 3. The fraction of sp³-hybridized carbons (Fsp3) is 0.478. The molecule has 3 rings (SSSR count). The summed E-state index contributed by atoms with van der Waals surface area (Å²) in [5, 5.41) is 11.8. The van der Waals surface area contributed by atoms with E-state index in [1.165, 1.54) is 16.2 Å². The zero-order valence-electron chi connectivity index (χ0n) is 19.6. The molecule has 0 aliphatic carbocycles. The minimum absolute atomic E-state index is 0.0697. The van der Waals surface area contributed by atoms with Gasteiger partial charge in [-0.15, -0.1) is 0 Å². The molecule has 0 bridgehead atoms. The van der Waals surface area contributed by atoms with E-state index in [4.69, 9.17) is 5.73 Å². The molecular formula is C23H31N7O5. The van der Waals surface area contributed by atoms with Gasteiger partial charge in [0.05, 0.1) is 6.04 Å². The lowest BCUT2D eigenvalue weighted by Gasteiger charge is -2.43. The van der Waals surface area contributed by atoms with E-state index in [2.05, 4.69) is 21.2 Å². The number of nitrogens with zero attached hydrogens (tertiary/aromatic N) is 3. The molecule has 0 radical (unpaired) electrons. The number of benzene rings is 1. The predicted molar refractivity (Wildman–Crippen MR) is 127 cm³/mol. The van der Waals surface area contributed by atoms with Crippen LogP contribution in [0.2, 0.25) is 0 Å².